The van der Waals surface area contributed by atoms with E-state index in [2.05, 4.69) is 22.0 Å². The molecule has 144 valence electrons. The third kappa shape index (κ3) is 4.81. The highest BCUT2D eigenvalue weighted by molar-refractivity contribution is 6.30. The number of hydrogen-bond acceptors (Lipinski definition) is 4. The highest BCUT2D eigenvalue weighted by atomic mass is 35.5. The van der Waals surface area contributed by atoms with Crippen molar-refractivity contribution in [2.45, 2.75) is 25.3 Å². The SMILES string of the molecule is CC(C#N)(NC(=O)CNc1ccccc1C(=O)Nc1ccc(Cl)cc1)C1CC1. The molecule has 0 radical (unpaired) electrons. The molecule has 6 nitrogen and oxygen atoms in total. The zero-order chi connectivity index (χ0) is 20.1. The maximum atomic E-state index is 12.6. The average Bonchev–Trinajstić information content (AvgIpc) is 3.54. The van der Waals surface area contributed by atoms with Gasteiger partial charge in [0.15, 0.2) is 0 Å². The van der Waals surface area contributed by atoms with Gasteiger partial charge in [0.2, 0.25) is 5.91 Å². The number of amides is 2. The largest absolute Gasteiger partial charge is 0.376 e. The van der Waals surface area contributed by atoms with Crippen molar-refractivity contribution >= 4 is 34.8 Å². The Bertz CT molecular complexity index is 919. The number of para-hydroxylation sites is 1. The molecular weight excluding hydrogens is 376 g/mol. The summed E-state index contributed by atoms with van der Waals surface area (Å²) < 4.78 is 0. The minimum Gasteiger partial charge on any atom is -0.376 e. The van der Waals surface area contributed by atoms with Gasteiger partial charge in [-0.15, -0.1) is 0 Å². The lowest BCUT2D eigenvalue weighted by Gasteiger charge is -2.23. The molecule has 0 heterocycles. The Morgan fingerprint density at radius 3 is 2.50 bits per heavy atom. The first-order valence-electron chi connectivity index (χ1n) is 9.03. The van der Waals surface area contributed by atoms with Gasteiger partial charge in [-0.25, -0.2) is 0 Å². The molecule has 2 aromatic carbocycles. The molecule has 1 aliphatic carbocycles. The van der Waals surface area contributed by atoms with Crippen molar-refractivity contribution in [3.05, 3.63) is 59.1 Å². The van der Waals surface area contributed by atoms with E-state index >= 15 is 0 Å². The predicted octanol–water partition coefficient (Wildman–Crippen LogP) is 3.81. The maximum Gasteiger partial charge on any atom is 0.257 e. The number of anilines is 2. The number of benzene rings is 2. The lowest BCUT2D eigenvalue weighted by atomic mass is 9.98. The van der Waals surface area contributed by atoms with Crippen LogP contribution in [-0.2, 0) is 4.79 Å². The minimum atomic E-state index is -0.843. The first kappa shape index (κ1) is 19.7. The van der Waals surface area contributed by atoms with Crippen LogP contribution in [0.5, 0.6) is 0 Å². The van der Waals surface area contributed by atoms with Crippen LogP contribution < -0.4 is 16.0 Å². The topological polar surface area (TPSA) is 94.0 Å². The highest BCUT2D eigenvalue weighted by Gasteiger charge is 2.42. The number of halogens is 1. The number of nitrogens with zero attached hydrogens (tertiary/aromatic N) is 1. The summed E-state index contributed by atoms with van der Waals surface area (Å²) >= 11 is 5.86. The minimum absolute atomic E-state index is 0.0325. The van der Waals surface area contributed by atoms with Crippen molar-refractivity contribution in [2.75, 3.05) is 17.2 Å². The lowest BCUT2D eigenvalue weighted by Crippen LogP contribution is -2.48. The van der Waals surface area contributed by atoms with E-state index in [1.54, 1.807) is 55.5 Å². The molecule has 2 aromatic rings. The second kappa shape index (κ2) is 8.32. The second-order valence-corrected chi connectivity index (χ2v) is 7.43. The van der Waals surface area contributed by atoms with Crippen LogP contribution in [0.2, 0.25) is 5.02 Å². The number of rotatable bonds is 7. The number of carbonyl (C=O) groups is 2. The Labute approximate surface area is 168 Å². The van der Waals surface area contributed by atoms with Crippen LogP contribution in [0.3, 0.4) is 0 Å². The molecule has 1 unspecified atom stereocenters. The van der Waals surface area contributed by atoms with Crippen molar-refractivity contribution in [2.24, 2.45) is 5.92 Å². The van der Waals surface area contributed by atoms with E-state index in [-0.39, 0.29) is 24.3 Å². The Kier molecular flexibility index (Phi) is 5.86. The van der Waals surface area contributed by atoms with Crippen molar-refractivity contribution in [1.82, 2.24) is 5.32 Å². The van der Waals surface area contributed by atoms with E-state index in [4.69, 9.17) is 11.6 Å². The molecule has 0 saturated heterocycles. The molecule has 0 aromatic heterocycles. The second-order valence-electron chi connectivity index (χ2n) is 7.00. The molecule has 3 N–H and O–H groups in total. The summed E-state index contributed by atoms with van der Waals surface area (Å²) in [6.07, 6.45) is 1.90. The van der Waals surface area contributed by atoms with Gasteiger partial charge in [-0.3, -0.25) is 9.59 Å². The molecule has 1 fully saturated rings. The van der Waals surface area contributed by atoms with Crippen molar-refractivity contribution < 1.29 is 9.59 Å². The zero-order valence-corrected chi connectivity index (χ0v) is 16.2. The molecule has 0 bridgehead atoms. The number of hydrogen-bond donors (Lipinski definition) is 3. The Hall–Kier alpha value is -3.04. The summed E-state index contributed by atoms with van der Waals surface area (Å²) in [6, 6.07) is 15.9. The van der Waals surface area contributed by atoms with E-state index in [0.29, 0.717) is 22.0 Å². The van der Waals surface area contributed by atoms with E-state index < -0.39 is 5.54 Å². The van der Waals surface area contributed by atoms with Gasteiger partial charge in [0.1, 0.15) is 5.54 Å². The van der Waals surface area contributed by atoms with Crippen molar-refractivity contribution in [3.8, 4) is 6.07 Å². The number of nitrogens with one attached hydrogen (secondary N) is 3. The molecule has 2 amide bonds. The zero-order valence-electron chi connectivity index (χ0n) is 15.5. The standard InChI is InChI=1S/C21H21ClN4O2/c1-21(13-23,14-6-7-14)26-19(27)12-24-18-5-3-2-4-17(18)20(28)25-16-10-8-15(22)9-11-16/h2-5,8-11,14,24H,6-7,12H2,1H3,(H,25,28)(H,26,27). The van der Waals surface area contributed by atoms with Gasteiger partial charge in [-0.1, -0.05) is 23.7 Å². The fourth-order valence-corrected chi connectivity index (χ4v) is 3.08. The Balaban J connectivity index is 1.63. The molecule has 28 heavy (non-hydrogen) atoms. The van der Waals surface area contributed by atoms with Gasteiger partial charge >= 0.3 is 0 Å². The summed E-state index contributed by atoms with van der Waals surface area (Å²) in [4.78, 5) is 24.9. The van der Waals surface area contributed by atoms with E-state index in [1.165, 1.54) is 0 Å². The van der Waals surface area contributed by atoms with Crippen LogP contribution in [0, 0.1) is 17.2 Å². The number of carbonyl (C=O) groups excluding carboxylic acids is 2. The molecule has 1 aliphatic rings. The highest BCUT2D eigenvalue weighted by Crippen LogP contribution is 2.39. The normalized spacial score (nSPS) is 15.0. The summed E-state index contributed by atoms with van der Waals surface area (Å²) in [5.41, 5.74) is 0.727. The summed E-state index contributed by atoms with van der Waals surface area (Å²) in [7, 11) is 0. The van der Waals surface area contributed by atoms with Gasteiger partial charge < -0.3 is 16.0 Å². The van der Waals surface area contributed by atoms with E-state index in [9.17, 15) is 14.9 Å². The predicted molar refractivity (Wildman–Crippen MR) is 109 cm³/mol. The third-order valence-corrected chi connectivity index (χ3v) is 4.99. The lowest BCUT2D eigenvalue weighted by molar-refractivity contribution is -0.120. The fourth-order valence-electron chi connectivity index (χ4n) is 2.96. The van der Waals surface area contributed by atoms with E-state index in [0.717, 1.165) is 12.8 Å². The van der Waals surface area contributed by atoms with Crippen LogP contribution in [0.15, 0.2) is 48.5 Å². The fraction of sp³-hybridized carbons (Fsp3) is 0.286. The van der Waals surface area contributed by atoms with Gasteiger partial charge in [0.05, 0.1) is 18.2 Å². The molecule has 1 saturated carbocycles. The van der Waals surface area contributed by atoms with Gasteiger partial charge in [0.25, 0.3) is 5.91 Å². The monoisotopic (exact) mass is 396 g/mol. The first-order chi connectivity index (χ1) is 13.4. The van der Waals surface area contributed by atoms with Gasteiger partial charge in [-0.05, 0) is 62.1 Å². The average molecular weight is 397 g/mol. The van der Waals surface area contributed by atoms with Crippen LogP contribution in [0.1, 0.15) is 30.1 Å². The maximum absolute atomic E-state index is 12.6. The third-order valence-electron chi connectivity index (χ3n) is 4.74. The summed E-state index contributed by atoms with van der Waals surface area (Å²) in [6.45, 7) is 1.71. The van der Waals surface area contributed by atoms with Crippen molar-refractivity contribution in [3.63, 3.8) is 0 Å². The molecule has 7 heteroatoms. The first-order valence-corrected chi connectivity index (χ1v) is 9.41. The summed E-state index contributed by atoms with van der Waals surface area (Å²) in [5, 5.41) is 18.5. The molecule has 0 aliphatic heterocycles. The van der Waals surface area contributed by atoms with E-state index in [1.807, 2.05) is 0 Å². The number of nitriles is 1. The van der Waals surface area contributed by atoms with Crippen LogP contribution in [0.25, 0.3) is 0 Å². The summed E-state index contributed by atoms with van der Waals surface area (Å²) in [5.74, 6) is -0.381. The van der Waals surface area contributed by atoms with Gasteiger partial charge in [0, 0.05) is 16.4 Å². The van der Waals surface area contributed by atoms with Crippen LogP contribution >= 0.6 is 11.6 Å². The van der Waals surface area contributed by atoms with Gasteiger partial charge in [-0.2, -0.15) is 5.26 Å². The Morgan fingerprint density at radius 2 is 1.86 bits per heavy atom. The van der Waals surface area contributed by atoms with Crippen molar-refractivity contribution in [1.29, 1.82) is 5.26 Å². The molecular formula is C21H21ClN4O2. The molecule has 0 spiro atoms. The Morgan fingerprint density at radius 1 is 1.18 bits per heavy atom. The molecule has 3 rings (SSSR count). The smallest absolute Gasteiger partial charge is 0.257 e. The molecule has 1 atom stereocenters. The quantitative estimate of drug-likeness (QED) is 0.663. The van der Waals surface area contributed by atoms with Crippen LogP contribution in [0.4, 0.5) is 11.4 Å². The van der Waals surface area contributed by atoms with Crippen LogP contribution in [-0.4, -0.2) is 23.9 Å².